The van der Waals surface area contributed by atoms with Crippen molar-refractivity contribution in [2.75, 3.05) is 26.2 Å². The normalized spacial score (nSPS) is 23.2. The minimum absolute atomic E-state index is 0.0896. The summed E-state index contributed by atoms with van der Waals surface area (Å²) in [5.41, 5.74) is 0. The van der Waals surface area contributed by atoms with Crippen molar-refractivity contribution in [1.29, 1.82) is 0 Å². The highest BCUT2D eigenvalue weighted by atomic mass is 16.5. The number of hydrogen-bond donors (Lipinski definition) is 2. The van der Waals surface area contributed by atoms with Gasteiger partial charge in [-0.3, -0.25) is 4.79 Å². The van der Waals surface area contributed by atoms with Gasteiger partial charge in [0.25, 0.3) is 0 Å². The number of carbonyl (C=O) groups is 2. The van der Waals surface area contributed by atoms with Crippen LogP contribution in [0.1, 0.15) is 44.9 Å². The van der Waals surface area contributed by atoms with Crippen LogP contribution in [-0.4, -0.2) is 54.4 Å². The van der Waals surface area contributed by atoms with E-state index in [1.165, 1.54) is 19.3 Å². The van der Waals surface area contributed by atoms with E-state index in [4.69, 9.17) is 9.84 Å². The van der Waals surface area contributed by atoms with Crippen LogP contribution in [0.4, 0.5) is 4.79 Å². The molecule has 1 heterocycles. The van der Waals surface area contributed by atoms with Crippen molar-refractivity contribution < 1.29 is 19.4 Å². The summed E-state index contributed by atoms with van der Waals surface area (Å²) >= 11 is 0. The molecule has 0 aromatic carbocycles. The molecule has 1 aliphatic carbocycles. The fourth-order valence-electron chi connectivity index (χ4n) is 3.16. The average molecular weight is 298 g/mol. The van der Waals surface area contributed by atoms with Crippen molar-refractivity contribution in [2.24, 2.45) is 5.92 Å². The molecule has 1 atom stereocenters. The van der Waals surface area contributed by atoms with Crippen molar-refractivity contribution in [2.45, 2.75) is 51.0 Å². The zero-order valence-electron chi connectivity index (χ0n) is 12.6. The number of carbonyl (C=O) groups excluding carboxylic acids is 1. The van der Waals surface area contributed by atoms with Crippen molar-refractivity contribution in [3.8, 4) is 0 Å². The van der Waals surface area contributed by atoms with Gasteiger partial charge in [0, 0.05) is 26.1 Å². The molecule has 120 valence electrons. The summed E-state index contributed by atoms with van der Waals surface area (Å²) in [6, 6.07) is -0.102. The van der Waals surface area contributed by atoms with Crippen LogP contribution in [0.3, 0.4) is 0 Å². The SMILES string of the molecule is O=C(O)CC1CCN(C(=O)NCCOC2CCCCC2)C1. The van der Waals surface area contributed by atoms with Gasteiger partial charge in [0.1, 0.15) is 0 Å². The Bertz CT molecular complexity index is 356. The van der Waals surface area contributed by atoms with Gasteiger partial charge in [-0.15, -0.1) is 0 Å². The number of ether oxygens (including phenoxy) is 1. The number of nitrogens with zero attached hydrogens (tertiary/aromatic N) is 1. The lowest BCUT2D eigenvalue weighted by molar-refractivity contribution is -0.138. The molecule has 2 rings (SSSR count). The maximum absolute atomic E-state index is 11.9. The van der Waals surface area contributed by atoms with Crippen LogP contribution < -0.4 is 5.32 Å². The molecule has 0 aromatic heterocycles. The maximum atomic E-state index is 11.9. The first-order valence-electron chi connectivity index (χ1n) is 8.01. The minimum Gasteiger partial charge on any atom is -0.481 e. The van der Waals surface area contributed by atoms with Gasteiger partial charge < -0.3 is 20.1 Å². The quantitative estimate of drug-likeness (QED) is 0.733. The molecule has 0 bridgehead atoms. The number of rotatable bonds is 6. The molecular weight excluding hydrogens is 272 g/mol. The second kappa shape index (κ2) is 8.22. The number of urea groups is 1. The van der Waals surface area contributed by atoms with Crippen LogP contribution in [0.5, 0.6) is 0 Å². The number of nitrogens with one attached hydrogen (secondary N) is 1. The smallest absolute Gasteiger partial charge is 0.317 e. The number of likely N-dealkylation sites (tertiary alicyclic amines) is 1. The van der Waals surface area contributed by atoms with Gasteiger partial charge in [0.05, 0.1) is 12.7 Å². The summed E-state index contributed by atoms with van der Waals surface area (Å²) < 4.78 is 5.76. The summed E-state index contributed by atoms with van der Waals surface area (Å²) in [6.07, 6.45) is 7.36. The molecule has 2 fully saturated rings. The summed E-state index contributed by atoms with van der Waals surface area (Å²) in [4.78, 5) is 24.3. The first-order valence-corrected chi connectivity index (χ1v) is 8.01. The number of aliphatic carboxylic acids is 1. The van der Waals surface area contributed by atoms with Crippen LogP contribution in [0.15, 0.2) is 0 Å². The number of carboxylic acid groups (broad SMARTS) is 1. The molecule has 1 saturated carbocycles. The van der Waals surface area contributed by atoms with Crippen LogP contribution in [0.25, 0.3) is 0 Å². The Kier molecular flexibility index (Phi) is 6.29. The Balaban J connectivity index is 1.56. The summed E-state index contributed by atoms with van der Waals surface area (Å²) in [6.45, 7) is 2.27. The minimum atomic E-state index is -0.789. The van der Waals surface area contributed by atoms with Crippen LogP contribution in [-0.2, 0) is 9.53 Å². The Morgan fingerprint density at radius 1 is 1.19 bits per heavy atom. The molecule has 2 N–H and O–H groups in total. The predicted octanol–water partition coefficient (Wildman–Crippen LogP) is 1.84. The Morgan fingerprint density at radius 2 is 1.95 bits per heavy atom. The number of hydrogen-bond acceptors (Lipinski definition) is 3. The lowest BCUT2D eigenvalue weighted by Gasteiger charge is -2.22. The maximum Gasteiger partial charge on any atom is 0.317 e. The Labute approximate surface area is 125 Å². The first kappa shape index (κ1) is 16.1. The largest absolute Gasteiger partial charge is 0.481 e. The van der Waals surface area contributed by atoms with Gasteiger partial charge in [-0.05, 0) is 25.2 Å². The van der Waals surface area contributed by atoms with Crippen molar-refractivity contribution in [1.82, 2.24) is 10.2 Å². The monoisotopic (exact) mass is 298 g/mol. The lowest BCUT2D eigenvalue weighted by Crippen LogP contribution is -2.40. The zero-order valence-corrected chi connectivity index (χ0v) is 12.6. The van der Waals surface area contributed by atoms with Gasteiger partial charge in [-0.25, -0.2) is 4.79 Å². The molecule has 21 heavy (non-hydrogen) atoms. The van der Waals surface area contributed by atoms with E-state index >= 15 is 0 Å². The molecule has 6 nitrogen and oxygen atoms in total. The summed E-state index contributed by atoms with van der Waals surface area (Å²) in [7, 11) is 0. The summed E-state index contributed by atoms with van der Waals surface area (Å²) in [5.74, 6) is -0.699. The van der Waals surface area contributed by atoms with E-state index in [1.807, 2.05) is 0 Å². The van der Waals surface area contributed by atoms with Gasteiger partial charge in [0.15, 0.2) is 0 Å². The fraction of sp³-hybridized carbons (Fsp3) is 0.867. The molecule has 1 unspecified atom stereocenters. The highest BCUT2D eigenvalue weighted by Gasteiger charge is 2.27. The van der Waals surface area contributed by atoms with Gasteiger partial charge >= 0.3 is 12.0 Å². The average Bonchev–Trinajstić information content (AvgIpc) is 2.92. The van der Waals surface area contributed by atoms with Crippen molar-refractivity contribution in [3.05, 3.63) is 0 Å². The third-order valence-electron chi connectivity index (χ3n) is 4.32. The molecule has 0 aromatic rings. The molecule has 0 radical (unpaired) electrons. The zero-order chi connectivity index (χ0) is 15.1. The van der Waals surface area contributed by atoms with E-state index in [1.54, 1.807) is 4.90 Å². The predicted molar refractivity (Wildman–Crippen MR) is 78.2 cm³/mol. The second-order valence-electron chi connectivity index (χ2n) is 6.06. The molecule has 1 saturated heterocycles. The third kappa shape index (κ3) is 5.53. The van der Waals surface area contributed by atoms with E-state index < -0.39 is 5.97 Å². The highest BCUT2D eigenvalue weighted by Crippen LogP contribution is 2.20. The van der Waals surface area contributed by atoms with Crippen LogP contribution in [0, 0.1) is 5.92 Å². The fourth-order valence-corrected chi connectivity index (χ4v) is 3.16. The van der Waals surface area contributed by atoms with Crippen LogP contribution >= 0.6 is 0 Å². The van der Waals surface area contributed by atoms with Crippen LogP contribution in [0.2, 0.25) is 0 Å². The lowest BCUT2D eigenvalue weighted by atomic mass is 9.98. The van der Waals surface area contributed by atoms with E-state index in [2.05, 4.69) is 5.32 Å². The van der Waals surface area contributed by atoms with Crippen molar-refractivity contribution >= 4 is 12.0 Å². The molecule has 2 amide bonds. The Morgan fingerprint density at radius 3 is 2.67 bits per heavy atom. The summed E-state index contributed by atoms with van der Waals surface area (Å²) in [5, 5.41) is 11.6. The van der Waals surface area contributed by atoms with Gasteiger partial charge in [0.2, 0.25) is 0 Å². The Hall–Kier alpha value is -1.30. The van der Waals surface area contributed by atoms with Gasteiger partial charge in [-0.2, -0.15) is 0 Å². The van der Waals surface area contributed by atoms with Crippen molar-refractivity contribution in [3.63, 3.8) is 0 Å². The topological polar surface area (TPSA) is 78.9 Å². The third-order valence-corrected chi connectivity index (χ3v) is 4.32. The molecule has 6 heteroatoms. The van der Waals surface area contributed by atoms with E-state index in [-0.39, 0.29) is 18.4 Å². The van der Waals surface area contributed by atoms with E-state index in [9.17, 15) is 9.59 Å². The van der Waals surface area contributed by atoms with Gasteiger partial charge in [-0.1, -0.05) is 19.3 Å². The molecule has 2 aliphatic rings. The molecular formula is C15H26N2O4. The second-order valence-corrected chi connectivity index (χ2v) is 6.06. The highest BCUT2D eigenvalue weighted by molar-refractivity contribution is 5.74. The molecule has 0 spiro atoms. The van der Waals surface area contributed by atoms with E-state index in [0.717, 1.165) is 19.3 Å². The number of amides is 2. The standard InChI is InChI=1S/C15H26N2O4/c18-14(19)10-12-6-8-17(11-12)15(20)16-7-9-21-13-4-2-1-3-5-13/h12-13H,1-11H2,(H,16,20)(H,18,19). The number of carboxylic acids is 1. The van der Waals surface area contributed by atoms with E-state index in [0.29, 0.717) is 32.3 Å². The molecule has 1 aliphatic heterocycles. The first-order chi connectivity index (χ1) is 10.1.